The van der Waals surface area contributed by atoms with Gasteiger partial charge in [-0.15, -0.1) is 0 Å². The van der Waals surface area contributed by atoms with Crippen LogP contribution in [0.5, 0.6) is 0 Å². The van der Waals surface area contributed by atoms with Crippen molar-refractivity contribution < 1.29 is 9.90 Å². The van der Waals surface area contributed by atoms with E-state index in [2.05, 4.69) is 22.8 Å². The zero-order valence-corrected chi connectivity index (χ0v) is 14.3. The molecule has 0 bridgehead atoms. The fraction of sp³-hybridized carbons (Fsp3) is 0.211. The van der Waals surface area contributed by atoms with Crippen molar-refractivity contribution in [3.8, 4) is 0 Å². The molecule has 0 saturated carbocycles. The molecule has 0 aliphatic carbocycles. The highest BCUT2D eigenvalue weighted by Gasteiger charge is 2.24. The van der Waals surface area contributed by atoms with Crippen LogP contribution in [0.25, 0.3) is 10.8 Å². The molecule has 1 aromatic heterocycles. The van der Waals surface area contributed by atoms with E-state index in [9.17, 15) is 9.90 Å². The van der Waals surface area contributed by atoms with Crippen LogP contribution in [-0.4, -0.2) is 17.7 Å². The third-order valence-corrected chi connectivity index (χ3v) is 4.74. The Hall–Kier alpha value is -2.37. The Bertz CT molecular complexity index is 823. The molecule has 2 amide bonds. The maximum absolute atomic E-state index is 12.0. The molecule has 2 aromatic carbocycles. The number of hydrogen-bond donors (Lipinski definition) is 3. The molecule has 124 valence electrons. The zero-order chi connectivity index (χ0) is 17.0. The number of hydrogen-bond acceptors (Lipinski definition) is 3. The molecule has 0 aliphatic rings. The van der Waals surface area contributed by atoms with Gasteiger partial charge in [0.1, 0.15) is 5.60 Å². The molecular formula is C19H20N2O2S. The van der Waals surface area contributed by atoms with Crippen LogP contribution >= 0.6 is 11.3 Å². The average molecular weight is 340 g/mol. The molecule has 4 nitrogen and oxygen atoms in total. The van der Waals surface area contributed by atoms with Gasteiger partial charge in [0.15, 0.2) is 0 Å². The van der Waals surface area contributed by atoms with Gasteiger partial charge in [0, 0.05) is 6.54 Å². The van der Waals surface area contributed by atoms with Crippen molar-refractivity contribution in [3.63, 3.8) is 0 Å². The maximum atomic E-state index is 12.0. The van der Waals surface area contributed by atoms with E-state index >= 15 is 0 Å². The smallest absolute Gasteiger partial charge is 0.315 e. The number of rotatable bonds is 5. The third kappa shape index (κ3) is 3.75. The molecule has 5 heteroatoms. The molecule has 1 heterocycles. The van der Waals surface area contributed by atoms with Gasteiger partial charge in [0.05, 0.1) is 6.54 Å². The van der Waals surface area contributed by atoms with Crippen molar-refractivity contribution in [1.82, 2.24) is 10.6 Å². The van der Waals surface area contributed by atoms with Crippen LogP contribution in [0.3, 0.4) is 0 Å². The van der Waals surface area contributed by atoms with E-state index < -0.39 is 5.60 Å². The fourth-order valence-corrected chi connectivity index (χ4v) is 3.39. The van der Waals surface area contributed by atoms with Gasteiger partial charge in [-0.1, -0.05) is 42.5 Å². The Kier molecular flexibility index (Phi) is 4.83. The molecular weight excluding hydrogens is 320 g/mol. The monoisotopic (exact) mass is 340 g/mol. The van der Waals surface area contributed by atoms with Crippen molar-refractivity contribution in [3.05, 3.63) is 70.4 Å². The van der Waals surface area contributed by atoms with Crippen LogP contribution in [-0.2, 0) is 12.1 Å². The third-order valence-electron chi connectivity index (χ3n) is 4.06. The number of thiophene rings is 1. The van der Waals surface area contributed by atoms with Gasteiger partial charge in [0.25, 0.3) is 0 Å². The highest BCUT2D eigenvalue weighted by atomic mass is 32.1. The fourth-order valence-electron chi connectivity index (χ4n) is 2.61. The second kappa shape index (κ2) is 7.03. The van der Waals surface area contributed by atoms with Gasteiger partial charge in [-0.05, 0) is 45.6 Å². The minimum Gasteiger partial charge on any atom is -0.384 e. The average Bonchev–Trinajstić information content (AvgIpc) is 3.14. The molecule has 3 aromatic rings. The number of carbonyl (C=O) groups is 1. The van der Waals surface area contributed by atoms with E-state index in [0.29, 0.717) is 6.54 Å². The summed E-state index contributed by atoms with van der Waals surface area (Å²) < 4.78 is 0. The van der Waals surface area contributed by atoms with Crippen molar-refractivity contribution in [2.45, 2.75) is 19.1 Å². The largest absolute Gasteiger partial charge is 0.384 e. The van der Waals surface area contributed by atoms with E-state index in [1.54, 1.807) is 6.92 Å². The van der Waals surface area contributed by atoms with Crippen LogP contribution in [0.1, 0.15) is 18.1 Å². The summed E-state index contributed by atoms with van der Waals surface area (Å²) in [6.45, 7) is 2.29. The summed E-state index contributed by atoms with van der Waals surface area (Å²) in [5.74, 6) is 0. The predicted molar refractivity (Wildman–Crippen MR) is 98.1 cm³/mol. The molecule has 0 radical (unpaired) electrons. The van der Waals surface area contributed by atoms with E-state index in [0.717, 1.165) is 21.9 Å². The number of benzene rings is 2. The summed E-state index contributed by atoms with van der Waals surface area (Å²) in [4.78, 5) is 12.0. The van der Waals surface area contributed by atoms with Gasteiger partial charge in [-0.25, -0.2) is 4.79 Å². The van der Waals surface area contributed by atoms with Gasteiger partial charge < -0.3 is 15.7 Å². The lowest BCUT2D eigenvalue weighted by atomic mass is 9.99. The number of urea groups is 1. The molecule has 0 spiro atoms. The molecule has 1 atom stereocenters. The molecule has 1 unspecified atom stereocenters. The van der Waals surface area contributed by atoms with Gasteiger partial charge in [-0.2, -0.15) is 11.3 Å². The lowest BCUT2D eigenvalue weighted by Gasteiger charge is -2.23. The molecule has 3 N–H and O–H groups in total. The van der Waals surface area contributed by atoms with Crippen LogP contribution in [0.4, 0.5) is 4.79 Å². The summed E-state index contributed by atoms with van der Waals surface area (Å²) in [6, 6.07) is 15.7. The Labute approximate surface area is 145 Å². The van der Waals surface area contributed by atoms with Crippen molar-refractivity contribution in [2.75, 3.05) is 6.54 Å². The van der Waals surface area contributed by atoms with Crippen molar-refractivity contribution in [1.29, 1.82) is 0 Å². The molecule has 0 aliphatic heterocycles. The second-order valence-electron chi connectivity index (χ2n) is 5.96. The molecule has 24 heavy (non-hydrogen) atoms. The number of amides is 2. The summed E-state index contributed by atoms with van der Waals surface area (Å²) >= 11 is 1.52. The first kappa shape index (κ1) is 16.5. The van der Waals surface area contributed by atoms with Crippen LogP contribution in [0.15, 0.2) is 59.3 Å². The first-order valence-electron chi connectivity index (χ1n) is 7.80. The molecule has 3 rings (SSSR count). The highest BCUT2D eigenvalue weighted by molar-refractivity contribution is 7.08. The summed E-state index contributed by atoms with van der Waals surface area (Å²) in [6.07, 6.45) is 0. The van der Waals surface area contributed by atoms with Crippen molar-refractivity contribution in [2.24, 2.45) is 0 Å². The number of carbonyl (C=O) groups excluding carboxylic acids is 1. The SMILES string of the molecule is CC(O)(CNC(=O)NCc1cccc2ccccc12)c1ccsc1. The zero-order valence-electron chi connectivity index (χ0n) is 13.5. The summed E-state index contributed by atoms with van der Waals surface area (Å²) in [5.41, 5.74) is 0.797. The quantitative estimate of drug-likeness (QED) is 0.664. The Morgan fingerprint density at radius 1 is 1.12 bits per heavy atom. The van der Waals surface area contributed by atoms with E-state index in [1.165, 1.54) is 11.3 Å². The lowest BCUT2D eigenvalue weighted by molar-refractivity contribution is 0.0598. The predicted octanol–water partition coefficient (Wildman–Crippen LogP) is 3.61. The first-order valence-corrected chi connectivity index (χ1v) is 8.74. The molecule has 0 saturated heterocycles. The number of aliphatic hydroxyl groups is 1. The minimum atomic E-state index is -1.07. The van der Waals surface area contributed by atoms with Crippen molar-refractivity contribution >= 4 is 28.1 Å². The van der Waals surface area contributed by atoms with E-state index in [1.807, 2.05) is 47.2 Å². The first-order chi connectivity index (χ1) is 11.6. The summed E-state index contributed by atoms with van der Waals surface area (Å²) in [7, 11) is 0. The summed E-state index contributed by atoms with van der Waals surface area (Å²) in [5, 5.41) is 22.1. The van der Waals surface area contributed by atoms with Crippen LogP contribution in [0.2, 0.25) is 0 Å². The van der Waals surface area contributed by atoms with E-state index in [4.69, 9.17) is 0 Å². The minimum absolute atomic E-state index is 0.158. The van der Waals surface area contributed by atoms with Crippen LogP contribution in [0, 0.1) is 0 Å². The topological polar surface area (TPSA) is 61.4 Å². The highest BCUT2D eigenvalue weighted by Crippen LogP contribution is 2.22. The van der Waals surface area contributed by atoms with E-state index in [-0.39, 0.29) is 12.6 Å². The van der Waals surface area contributed by atoms with Gasteiger partial charge >= 0.3 is 6.03 Å². The number of fused-ring (bicyclic) bond motifs is 1. The van der Waals surface area contributed by atoms with Gasteiger partial charge in [0.2, 0.25) is 0 Å². The van der Waals surface area contributed by atoms with Crippen LogP contribution < -0.4 is 10.6 Å². The second-order valence-corrected chi connectivity index (χ2v) is 6.74. The maximum Gasteiger partial charge on any atom is 0.315 e. The normalized spacial score (nSPS) is 13.4. The van der Waals surface area contributed by atoms with Gasteiger partial charge in [-0.3, -0.25) is 0 Å². The molecule has 0 fully saturated rings. The standard InChI is InChI=1S/C19H20N2O2S/c1-19(23,16-9-10-24-12-16)13-21-18(22)20-11-15-7-4-6-14-5-2-3-8-17(14)15/h2-10,12,23H,11,13H2,1H3,(H2,20,21,22). The Morgan fingerprint density at radius 2 is 1.92 bits per heavy atom. The Balaban J connectivity index is 1.58. The number of nitrogens with one attached hydrogen (secondary N) is 2. The Morgan fingerprint density at radius 3 is 2.71 bits per heavy atom. The lowest BCUT2D eigenvalue weighted by Crippen LogP contribution is -2.43.